The molecule has 1 atom stereocenters. The summed E-state index contributed by atoms with van der Waals surface area (Å²) in [6, 6.07) is 8.49. The van der Waals surface area contributed by atoms with E-state index in [2.05, 4.69) is 0 Å². The maximum atomic E-state index is 13.0. The highest BCUT2D eigenvalue weighted by Gasteiger charge is 2.33. The molecular weight excluding hydrogens is 419 g/mol. The number of hydrogen-bond acceptors (Lipinski definition) is 4. The molecule has 2 aromatic carbocycles. The first-order chi connectivity index (χ1) is 15.3. The molecule has 4 rings (SSSR count). The van der Waals surface area contributed by atoms with Crippen LogP contribution in [0.1, 0.15) is 56.1 Å². The van der Waals surface area contributed by atoms with Gasteiger partial charge in [0.05, 0.1) is 30.4 Å². The Balaban J connectivity index is 1.73. The van der Waals surface area contributed by atoms with Crippen molar-refractivity contribution in [1.82, 2.24) is 0 Å². The zero-order chi connectivity index (χ0) is 22.9. The van der Waals surface area contributed by atoms with Crippen LogP contribution < -0.4 is 10.5 Å². The number of esters is 1. The molecule has 0 aliphatic heterocycles. The lowest BCUT2D eigenvalue weighted by Crippen LogP contribution is -2.17. The zero-order valence-electron chi connectivity index (χ0n) is 18.1. The number of alkyl halides is 3. The molecule has 0 saturated heterocycles. The molecule has 7 heteroatoms. The summed E-state index contributed by atoms with van der Waals surface area (Å²) < 4.78 is 50.4. The highest BCUT2D eigenvalue weighted by Crippen LogP contribution is 2.44. The van der Waals surface area contributed by atoms with Crippen molar-refractivity contribution in [2.75, 3.05) is 18.9 Å². The van der Waals surface area contributed by atoms with Crippen LogP contribution in [0, 0.1) is 11.8 Å². The predicted octanol–water partition coefficient (Wildman–Crippen LogP) is 6.19. The minimum Gasteiger partial charge on any atom is -0.491 e. The van der Waals surface area contributed by atoms with Gasteiger partial charge in [0.1, 0.15) is 5.75 Å². The molecule has 2 fully saturated rings. The maximum Gasteiger partial charge on any atom is 0.416 e. The Morgan fingerprint density at radius 3 is 2.31 bits per heavy atom. The van der Waals surface area contributed by atoms with Crippen LogP contribution in [0.3, 0.4) is 0 Å². The Bertz CT molecular complexity index is 964. The average Bonchev–Trinajstić information content (AvgIpc) is 3.67. The molecule has 0 aromatic heterocycles. The second kappa shape index (κ2) is 9.04. The van der Waals surface area contributed by atoms with Crippen molar-refractivity contribution in [2.45, 2.75) is 51.1 Å². The van der Waals surface area contributed by atoms with Gasteiger partial charge in [-0.05, 0) is 73.4 Å². The topological polar surface area (TPSA) is 61.5 Å². The van der Waals surface area contributed by atoms with Gasteiger partial charge in [0.15, 0.2) is 0 Å². The predicted molar refractivity (Wildman–Crippen MR) is 116 cm³/mol. The molecule has 2 aromatic rings. The van der Waals surface area contributed by atoms with Gasteiger partial charge in [-0.1, -0.05) is 25.0 Å². The molecule has 0 amide bonds. The van der Waals surface area contributed by atoms with E-state index in [0.717, 1.165) is 43.4 Å². The summed E-state index contributed by atoms with van der Waals surface area (Å²) in [5.41, 5.74) is 7.87. The molecule has 0 heterocycles. The second-order valence-electron chi connectivity index (χ2n) is 8.79. The fourth-order valence-electron chi connectivity index (χ4n) is 3.84. The molecule has 32 heavy (non-hydrogen) atoms. The minimum atomic E-state index is -4.41. The second-order valence-corrected chi connectivity index (χ2v) is 8.79. The maximum absolute atomic E-state index is 13.0. The fourth-order valence-corrected chi connectivity index (χ4v) is 3.84. The first-order valence-electron chi connectivity index (χ1n) is 11.2. The Morgan fingerprint density at radius 1 is 1.09 bits per heavy atom. The van der Waals surface area contributed by atoms with Crippen LogP contribution in [0.15, 0.2) is 36.4 Å². The van der Waals surface area contributed by atoms with Crippen LogP contribution in [0.25, 0.3) is 11.1 Å². The number of carbonyl (C=O) groups is 1. The van der Waals surface area contributed by atoms with E-state index in [4.69, 9.17) is 15.2 Å². The first-order valence-corrected chi connectivity index (χ1v) is 11.2. The van der Waals surface area contributed by atoms with E-state index in [-0.39, 0.29) is 12.6 Å². The number of anilines is 1. The normalized spacial score (nSPS) is 17.1. The molecular formula is C25H28F3NO3. The van der Waals surface area contributed by atoms with E-state index in [1.807, 2.05) is 0 Å². The molecule has 0 spiro atoms. The van der Waals surface area contributed by atoms with E-state index in [0.29, 0.717) is 47.4 Å². The molecule has 2 saturated carbocycles. The number of halogens is 3. The van der Waals surface area contributed by atoms with Gasteiger partial charge in [0.2, 0.25) is 0 Å². The lowest BCUT2D eigenvalue weighted by atomic mass is 9.89. The molecule has 1 unspecified atom stereocenters. The molecule has 4 nitrogen and oxygen atoms in total. The largest absolute Gasteiger partial charge is 0.491 e. The van der Waals surface area contributed by atoms with Gasteiger partial charge in [-0.15, -0.1) is 0 Å². The average molecular weight is 447 g/mol. The third kappa shape index (κ3) is 5.37. The van der Waals surface area contributed by atoms with Crippen LogP contribution in [-0.4, -0.2) is 19.2 Å². The van der Waals surface area contributed by atoms with Gasteiger partial charge in [0.25, 0.3) is 0 Å². The third-order valence-corrected chi connectivity index (χ3v) is 6.10. The van der Waals surface area contributed by atoms with Crippen LogP contribution in [-0.2, 0) is 15.7 Å². The van der Waals surface area contributed by atoms with E-state index in [9.17, 15) is 18.0 Å². The standard InChI is InChI=1S/C25H28F3NO3/c1-2-31-24(30)21(11-15-3-4-15)18-12-20(17-7-9-19(10-8-17)25(26,27)28)23(29)22(13-18)32-14-16-5-6-16/h7-10,12-13,15-16,21H,2-6,11,14,29H2,1H3. The number of carbonyl (C=O) groups excluding carboxylic acids is 1. The van der Waals surface area contributed by atoms with Crippen LogP contribution in [0.2, 0.25) is 0 Å². The fraction of sp³-hybridized carbons (Fsp3) is 0.480. The number of rotatable bonds is 9. The van der Waals surface area contributed by atoms with Crippen molar-refractivity contribution < 1.29 is 27.4 Å². The van der Waals surface area contributed by atoms with E-state index >= 15 is 0 Å². The number of ether oxygens (including phenoxy) is 2. The van der Waals surface area contributed by atoms with Gasteiger partial charge in [-0.3, -0.25) is 4.79 Å². The molecule has 2 N–H and O–H groups in total. The van der Waals surface area contributed by atoms with Gasteiger partial charge in [-0.25, -0.2) is 0 Å². The lowest BCUT2D eigenvalue weighted by Gasteiger charge is -2.20. The van der Waals surface area contributed by atoms with Crippen molar-refractivity contribution in [2.24, 2.45) is 11.8 Å². The Kier molecular flexibility index (Phi) is 6.35. The van der Waals surface area contributed by atoms with Crippen molar-refractivity contribution >= 4 is 11.7 Å². The quantitative estimate of drug-likeness (QED) is 0.368. The molecule has 2 aliphatic rings. The summed E-state index contributed by atoms with van der Waals surface area (Å²) in [6.07, 6.45) is 0.654. The number of nitrogen functional groups attached to an aromatic ring is 1. The van der Waals surface area contributed by atoms with Crippen LogP contribution >= 0.6 is 0 Å². The van der Waals surface area contributed by atoms with Gasteiger partial charge >= 0.3 is 12.1 Å². The van der Waals surface area contributed by atoms with Crippen LogP contribution in [0.4, 0.5) is 18.9 Å². The summed E-state index contributed by atoms with van der Waals surface area (Å²) in [5.74, 6) is 0.691. The van der Waals surface area contributed by atoms with E-state index in [1.54, 1.807) is 19.1 Å². The Hall–Kier alpha value is -2.70. The molecule has 172 valence electrons. The molecule has 0 bridgehead atoms. The van der Waals surface area contributed by atoms with Crippen molar-refractivity contribution in [3.8, 4) is 16.9 Å². The summed E-state index contributed by atoms with van der Waals surface area (Å²) >= 11 is 0. The molecule has 0 radical (unpaired) electrons. The summed E-state index contributed by atoms with van der Waals surface area (Å²) in [4.78, 5) is 12.8. The van der Waals surface area contributed by atoms with Crippen LogP contribution in [0.5, 0.6) is 5.75 Å². The summed E-state index contributed by atoms with van der Waals surface area (Å²) in [5, 5.41) is 0. The highest BCUT2D eigenvalue weighted by atomic mass is 19.4. The zero-order valence-corrected chi connectivity index (χ0v) is 18.1. The Labute approximate surface area is 185 Å². The number of hydrogen-bond donors (Lipinski definition) is 1. The van der Waals surface area contributed by atoms with Crippen molar-refractivity contribution in [3.63, 3.8) is 0 Å². The monoisotopic (exact) mass is 447 g/mol. The van der Waals surface area contributed by atoms with Gasteiger partial charge in [-0.2, -0.15) is 13.2 Å². The van der Waals surface area contributed by atoms with Crippen molar-refractivity contribution in [1.29, 1.82) is 0 Å². The molecule has 2 aliphatic carbocycles. The van der Waals surface area contributed by atoms with Gasteiger partial charge in [0, 0.05) is 5.56 Å². The third-order valence-electron chi connectivity index (χ3n) is 6.10. The van der Waals surface area contributed by atoms with Crippen molar-refractivity contribution in [3.05, 3.63) is 47.5 Å². The SMILES string of the molecule is CCOC(=O)C(CC1CC1)c1cc(OCC2CC2)c(N)c(-c2ccc(C(F)(F)F)cc2)c1. The Morgan fingerprint density at radius 2 is 1.75 bits per heavy atom. The smallest absolute Gasteiger partial charge is 0.416 e. The van der Waals surface area contributed by atoms with E-state index < -0.39 is 17.7 Å². The lowest BCUT2D eigenvalue weighted by molar-refractivity contribution is -0.145. The van der Waals surface area contributed by atoms with Gasteiger partial charge < -0.3 is 15.2 Å². The van der Waals surface area contributed by atoms with E-state index in [1.165, 1.54) is 12.1 Å². The first kappa shape index (κ1) is 22.5. The number of nitrogens with two attached hydrogens (primary N) is 1. The minimum absolute atomic E-state index is 0.284. The highest BCUT2D eigenvalue weighted by molar-refractivity contribution is 5.85. The number of benzene rings is 2. The summed E-state index contributed by atoms with van der Waals surface area (Å²) in [7, 11) is 0. The summed E-state index contributed by atoms with van der Waals surface area (Å²) in [6.45, 7) is 2.59.